The first-order chi connectivity index (χ1) is 57.3. The van der Waals surface area contributed by atoms with Gasteiger partial charge < -0.3 is 94.2 Å². The van der Waals surface area contributed by atoms with E-state index in [1.165, 1.54) is 32.9 Å². The highest BCUT2D eigenvalue weighted by Crippen LogP contribution is 2.45. The molecule has 33 heteroatoms. The van der Waals surface area contributed by atoms with E-state index in [1.807, 2.05) is 137 Å². The molecule has 6 aromatic carbocycles. The van der Waals surface area contributed by atoms with E-state index < -0.39 is 181 Å². The van der Waals surface area contributed by atoms with E-state index in [0.717, 1.165) is 26.4 Å². The lowest BCUT2D eigenvalue weighted by Gasteiger charge is -2.51. The largest absolute Gasteiger partial charge is 0.463 e. The van der Waals surface area contributed by atoms with Gasteiger partial charge in [0, 0.05) is 34.1 Å². The van der Waals surface area contributed by atoms with E-state index in [1.54, 1.807) is 42.5 Å². The molecule has 120 heavy (non-hydrogen) atoms. The molecule has 6 aromatic rings. The van der Waals surface area contributed by atoms with Crippen LogP contribution in [-0.2, 0) is 135 Å². The summed E-state index contributed by atoms with van der Waals surface area (Å²) in [4.78, 5) is 89.3. The van der Waals surface area contributed by atoms with E-state index in [0.29, 0.717) is 11.1 Å². The Bertz CT molecular complexity index is 4520. The number of ketones is 2. The lowest BCUT2D eigenvalue weighted by Crippen LogP contribution is -2.68. The van der Waals surface area contributed by atoms with Crippen molar-refractivity contribution in [3.63, 3.8) is 0 Å². The van der Waals surface area contributed by atoms with Crippen LogP contribution in [0.4, 0.5) is 0 Å². The SMILES string of the molecule is CC(=O)CCC(=O)O[C@@H]1[C@@H]2OC[C@H](O2)[C@@H](O[C@H]2O[C@H](CO[Si](C)(C)C(C)(C)C)[C@@H](O[C@@H]3O[C@H](COC(C)=O)[C@@H](O[C@H]4O[C@H](CO[Si](C)(C)C(C)(C)C)[C@@H](OCc5ccc6ccccc6c5)[C@H](OCc5ccc(Br)cc5)[C@H]4N=[N+]=[N-])[C@H](OCc4ccccc4)[C@H]3OC(=O)c3ccccc3)[C@H](OC(=O)CCC(C)=O)[C@H]2N=[N+]=[N-])[C@@H]1OCc1ccccc1. The summed E-state index contributed by atoms with van der Waals surface area (Å²) in [6.45, 7) is 22.8. The molecule has 5 fully saturated rings. The van der Waals surface area contributed by atoms with Crippen LogP contribution in [0.1, 0.15) is 121 Å². The Morgan fingerprint density at radius 3 is 1.43 bits per heavy atom. The van der Waals surface area contributed by atoms with Crippen LogP contribution >= 0.6 is 15.9 Å². The zero-order chi connectivity index (χ0) is 86.1. The second-order valence-electron chi connectivity index (χ2n) is 33.6. The predicted molar refractivity (Wildman–Crippen MR) is 445 cm³/mol. The number of esters is 4. The van der Waals surface area contributed by atoms with Gasteiger partial charge in [0.15, 0.2) is 54.0 Å². The summed E-state index contributed by atoms with van der Waals surface area (Å²) in [7, 11) is -5.61. The topological polar surface area (TPSA) is 366 Å². The Labute approximate surface area is 709 Å². The summed E-state index contributed by atoms with van der Waals surface area (Å²) in [5.41, 5.74) is 24.8. The molecule has 5 heterocycles. The number of hydrogen-bond donors (Lipinski definition) is 0. The van der Waals surface area contributed by atoms with Crippen LogP contribution in [0.5, 0.6) is 0 Å². The molecule has 5 saturated heterocycles. The normalized spacial score (nSPS) is 27.6. The zero-order valence-electron chi connectivity index (χ0n) is 69.9. The third-order valence-corrected chi connectivity index (χ3v) is 32.2. The summed E-state index contributed by atoms with van der Waals surface area (Å²) < 4.78 is 125. The molecular weight excluding hydrogens is 1650 g/mol. The van der Waals surface area contributed by atoms with E-state index in [9.17, 15) is 35.0 Å². The van der Waals surface area contributed by atoms with E-state index in [4.69, 9.17) is 84.6 Å². The minimum absolute atomic E-state index is 0.0273. The average Bonchev–Trinajstić information content (AvgIpc) is 1.50. The van der Waals surface area contributed by atoms with Crippen molar-refractivity contribution < 1.29 is 113 Å². The summed E-state index contributed by atoms with van der Waals surface area (Å²) >= 11 is 3.56. The molecule has 5 aliphatic rings. The fraction of sp³-hybridized carbons (Fsp3) is 0.540. The highest BCUT2D eigenvalue weighted by Gasteiger charge is 2.61. The minimum atomic E-state index is -2.93. The molecule has 646 valence electrons. The quantitative estimate of drug-likeness (QED) is 0.00867. The van der Waals surface area contributed by atoms with Gasteiger partial charge in [-0.15, -0.1) is 0 Å². The number of rotatable bonds is 38. The van der Waals surface area contributed by atoms with Gasteiger partial charge in [-0.25, -0.2) is 4.79 Å². The lowest BCUT2D eigenvalue weighted by molar-refractivity contribution is -0.375. The standard InChI is InChI=1S/C87H109BrN6O24Si2/c1-52(95)33-41-67(98)113-76-70(92-94-90)83(117-74-64-49-106-84(111-64)79(114-68(99)42-34-53(2)96)77(74)104-44-55-25-17-14-18-26-55)110-66(51-108-120(12,13)87(7,8)9)72(76)118-85-80(115-81(100)60-30-21-16-22-31-60)78(105-45-56-27-19-15-20-28-56)73(63(112-85)48-101-54(3)97)116-82-69(91-93-89)75(103-46-57-36-39-62(88)40-37-57)71(65(109-82)50-107-119(10,11)86(4,5)6)102-47-58-35-38-59-29-23-24-32-61(59)43-58/h14-32,35-40,43,63-66,69-80,82-85H,33-34,41-42,44-51H2,1-13H3/t63-,64+,65-,66-,69-,70-,71-,72-,73-,74-,75-,76-,77+,78+,79+,80-,82-,83-,84-,85+/m1/s1. The molecule has 0 aliphatic carbocycles. The third kappa shape index (κ3) is 24.6. The van der Waals surface area contributed by atoms with E-state index in [2.05, 4.69) is 69.8 Å². The van der Waals surface area contributed by atoms with Crippen LogP contribution in [0.3, 0.4) is 0 Å². The van der Waals surface area contributed by atoms with Crippen molar-refractivity contribution in [1.82, 2.24) is 0 Å². The maximum Gasteiger partial charge on any atom is 0.338 e. The summed E-state index contributed by atoms with van der Waals surface area (Å²) in [5.74, 6) is -4.08. The Kier molecular flexibility index (Phi) is 32.6. The average molecular weight is 1760 g/mol. The van der Waals surface area contributed by atoms with Crippen molar-refractivity contribution in [2.45, 2.75) is 273 Å². The van der Waals surface area contributed by atoms with Crippen molar-refractivity contribution in [1.29, 1.82) is 0 Å². The van der Waals surface area contributed by atoms with Gasteiger partial charge in [0.25, 0.3) is 0 Å². The molecule has 5 aliphatic heterocycles. The molecule has 0 spiro atoms. The van der Waals surface area contributed by atoms with Crippen molar-refractivity contribution in [3.05, 3.63) is 211 Å². The summed E-state index contributed by atoms with van der Waals surface area (Å²) in [6.07, 6.45) is -27.9. The highest BCUT2D eigenvalue weighted by molar-refractivity contribution is 9.10. The van der Waals surface area contributed by atoms with Gasteiger partial charge in [-0.05, 0) is 125 Å². The Balaban J connectivity index is 1.06. The number of benzene rings is 6. The van der Waals surface area contributed by atoms with Gasteiger partial charge in [-0.2, -0.15) is 0 Å². The van der Waals surface area contributed by atoms with Crippen molar-refractivity contribution in [3.8, 4) is 0 Å². The molecular formula is C87H109BrN6O24Si2. The summed E-state index contributed by atoms with van der Waals surface area (Å²) in [6, 6.07) is 44.3. The second-order valence-corrected chi connectivity index (χ2v) is 44.1. The first-order valence-corrected chi connectivity index (χ1v) is 47.0. The zero-order valence-corrected chi connectivity index (χ0v) is 73.5. The molecule has 2 bridgehead atoms. The monoisotopic (exact) mass is 1760 g/mol. The number of halogens is 1. The van der Waals surface area contributed by atoms with Crippen molar-refractivity contribution in [2.24, 2.45) is 10.2 Å². The van der Waals surface area contributed by atoms with Gasteiger partial charge in [-0.1, -0.05) is 195 Å². The number of Topliss-reactive ketones (excluding diaryl/α,β-unsaturated/α-hetero) is 2. The number of carbonyl (C=O) groups excluding carboxylic acids is 6. The maximum atomic E-state index is 15.4. The van der Waals surface area contributed by atoms with Crippen LogP contribution in [0.2, 0.25) is 36.3 Å². The number of nitrogens with zero attached hydrogens (tertiary/aromatic N) is 6. The molecule has 0 aromatic heterocycles. The van der Waals surface area contributed by atoms with Crippen LogP contribution in [0.25, 0.3) is 31.7 Å². The van der Waals surface area contributed by atoms with Crippen molar-refractivity contribution >= 4 is 78.8 Å². The van der Waals surface area contributed by atoms with Gasteiger partial charge >= 0.3 is 23.9 Å². The lowest BCUT2D eigenvalue weighted by atomic mass is 9.94. The number of hydrogen-bond acceptors (Lipinski definition) is 26. The molecule has 0 N–H and O–H groups in total. The van der Waals surface area contributed by atoms with Crippen LogP contribution in [0.15, 0.2) is 172 Å². The Hall–Kier alpha value is -8.23. The fourth-order valence-electron chi connectivity index (χ4n) is 14.0. The smallest absolute Gasteiger partial charge is 0.338 e. The Morgan fingerprint density at radius 2 is 0.883 bits per heavy atom. The second kappa shape index (κ2) is 42.2. The van der Waals surface area contributed by atoms with E-state index in [-0.39, 0.29) is 87.7 Å². The predicted octanol–water partition coefficient (Wildman–Crippen LogP) is 15.1. The van der Waals surface area contributed by atoms with Crippen LogP contribution in [-0.4, -0.2) is 201 Å². The molecule has 0 amide bonds. The molecule has 11 rings (SSSR count). The van der Waals surface area contributed by atoms with Gasteiger partial charge in [0.05, 0.1) is 64.7 Å². The Morgan fingerprint density at radius 1 is 0.450 bits per heavy atom. The van der Waals surface area contributed by atoms with E-state index >= 15 is 4.79 Å². The van der Waals surface area contributed by atoms with Gasteiger partial charge in [-0.3, -0.25) is 14.4 Å². The van der Waals surface area contributed by atoms with Crippen molar-refractivity contribution in [2.75, 3.05) is 26.4 Å². The molecule has 0 radical (unpaired) electrons. The number of carbonyl (C=O) groups is 6. The summed E-state index contributed by atoms with van der Waals surface area (Å²) in [5, 5.41) is 9.94. The first kappa shape index (κ1) is 92.5. The molecule has 0 saturated carbocycles. The molecule has 20 atom stereocenters. The van der Waals surface area contributed by atoms with Gasteiger partial charge in [0.1, 0.15) is 104 Å². The van der Waals surface area contributed by atoms with Gasteiger partial charge in [0.2, 0.25) is 0 Å². The minimum Gasteiger partial charge on any atom is -0.463 e. The first-order valence-electron chi connectivity index (χ1n) is 40.4. The number of azide groups is 2. The number of fused-ring (bicyclic) bond motifs is 3. The molecule has 30 nitrogen and oxygen atoms in total. The maximum absolute atomic E-state index is 15.4. The highest BCUT2D eigenvalue weighted by atomic mass is 79.9. The molecule has 0 unspecified atom stereocenters. The third-order valence-electron chi connectivity index (χ3n) is 22.7. The fourth-order valence-corrected chi connectivity index (χ4v) is 16.3. The van der Waals surface area contributed by atoms with Crippen LogP contribution < -0.4 is 0 Å². The number of ether oxygens (including phenoxy) is 16. The van der Waals surface area contributed by atoms with Crippen LogP contribution in [0, 0.1) is 0 Å².